The highest BCUT2D eigenvalue weighted by atomic mass is 14.4. The normalized spacial score (nSPS) is 15.1. The van der Waals surface area contributed by atoms with Crippen LogP contribution in [0.1, 0.15) is 221 Å². The van der Waals surface area contributed by atoms with E-state index in [1.807, 2.05) is 0 Å². The van der Waals surface area contributed by atoms with E-state index in [9.17, 15) is 0 Å². The number of hydrogen-bond acceptors (Lipinski definition) is 0. The smallest absolute Gasteiger partial charge is 0.0963 e. The third-order valence-electron chi connectivity index (χ3n) is 24.0. The summed E-state index contributed by atoms with van der Waals surface area (Å²) in [4.78, 5) is 0. The molecular formula is C111H102. The third kappa shape index (κ3) is 13.1. The monoisotopic (exact) mass is 1430 g/mol. The summed E-state index contributed by atoms with van der Waals surface area (Å²) in [5, 5.41) is 7.31. The van der Waals surface area contributed by atoms with Gasteiger partial charge in [0.15, 0.2) is 0 Å². The zero-order chi connectivity index (χ0) is 78.2. The van der Waals surface area contributed by atoms with Gasteiger partial charge in [-0.15, -0.1) is 28.0 Å². The number of hydrogen-bond donors (Lipinski definition) is 0. The van der Waals surface area contributed by atoms with Crippen LogP contribution in [0.3, 0.4) is 0 Å². The van der Waals surface area contributed by atoms with Crippen molar-refractivity contribution in [3.63, 3.8) is 0 Å². The molecular weight excluding hydrogens is 1330 g/mol. The van der Waals surface area contributed by atoms with Gasteiger partial charge in [0.1, 0.15) is 0 Å². The fourth-order valence-electron chi connectivity index (χ4n) is 18.5. The minimum atomic E-state index is 0.0404. The lowest BCUT2D eigenvalue weighted by atomic mass is 9.70. The zero-order valence-corrected chi connectivity index (χ0v) is 69.0. The summed E-state index contributed by atoms with van der Waals surface area (Å²) in [6.45, 7) is 48.2. The Morgan fingerprint density at radius 2 is 0.631 bits per heavy atom. The lowest BCUT2D eigenvalue weighted by Crippen LogP contribution is -2.22. The number of fused-ring (bicyclic) bond motifs is 6. The van der Waals surface area contributed by atoms with Crippen molar-refractivity contribution in [1.82, 2.24) is 0 Å². The Balaban J connectivity index is 0.837. The lowest BCUT2D eigenvalue weighted by molar-refractivity contribution is 0.472. The van der Waals surface area contributed by atoms with E-state index < -0.39 is 0 Å². The highest BCUT2D eigenvalue weighted by molar-refractivity contribution is 6.05. The summed E-state index contributed by atoms with van der Waals surface area (Å²) in [5.41, 5.74) is 50.0. The van der Waals surface area contributed by atoms with Gasteiger partial charge in [0.05, 0.1) is 68.9 Å². The standard InChI is InChI=1S/C111H102/c1-64-46-76(47-65(2)97(64)61-100-85-34-22-28-40-91(85)106(92-41-29-23-35-86(92)100)103-70(7)52-82(53-71(103)8)109(13,14)15)79-58-80(77-48-66(3)98(67(4)49-77)62-101-87-36-24-30-42-93(87)107(94-43-31-25-37-88(94)101)104-72(9)54-83(55-73(104)10)110(16,17)18)60-81(59-79)78-50-68(5)99(69(6)51-78)63-102-89-38-26-32-44-95(89)108(96-45-33-27-39-90(96)102)105-74(11)56-84(57-75(105)12)111(19,20)21/h22-60H,1-21H3. The summed E-state index contributed by atoms with van der Waals surface area (Å²) in [6, 6.07) is 75.8. The molecule has 111 heavy (non-hydrogen) atoms. The van der Waals surface area contributed by atoms with Crippen molar-refractivity contribution in [2.75, 3.05) is 0 Å². The van der Waals surface area contributed by atoms with Crippen LogP contribution in [0.25, 0.3) is 55.5 Å². The van der Waals surface area contributed by atoms with Gasteiger partial charge in [-0.1, -0.05) is 388 Å². The maximum Gasteiger partial charge on any atom is 0.0963 e. The van der Waals surface area contributed by atoms with Crippen LogP contribution in [0.15, 0.2) is 293 Å². The SMILES string of the molecule is CC1=C[C+](c2cc(-c3cc(C)c([C-]=c4c5ccccc5c(=C5C(C)=C[C+](C(C)(C)C)C=C5C)c5ccccc45)c(C)c3)cc([C+]3C=C(C)C(=C=C4c5ccccc5[C-](c5c(C)cc(C(C)(C)C)cc5C)c5ccccc54)C(C)=C3)c2)C=C(C)C1=C=C1c2ccccc2[C-](c2c(C)cc(C(C)(C)C)cc2C)c2ccccc21. The Labute approximate surface area is 662 Å². The van der Waals surface area contributed by atoms with Crippen molar-refractivity contribution in [3.8, 4) is 11.1 Å². The summed E-state index contributed by atoms with van der Waals surface area (Å²) in [6.07, 6.45) is 18.6. The number of allylic oxidation sites excluding steroid dienone is 14. The Morgan fingerprint density at radius 3 is 0.964 bits per heavy atom. The first-order valence-electron chi connectivity index (χ1n) is 39.9. The summed E-state index contributed by atoms with van der Waals surface area (Å²) >= 11 is 0. The van der Waals surface area contributed by atoms with Crippen molar-refractivity contribution >= 4 is 44.3 Å². The van der Waals surface area contributed by atoms with Crippen molar-refractivity contribution in [1.29, 1.82) is 0 Å². The quantitative estimate of drug-likeness (QED) is 0.0884. The van der Waals surface area contributed by atoms with Crippen LogP contribution in [-0.2, 0) is 10.8 Å². The predicted molar refractivity (Wildman–Crippen MR) is 473 cm³/mol. The van der Waals surface area contributed by atoms with E-state index in [4.69, 9.17) is 0 Å². The van der Waals surface area contributed by atoms with Crippen molar-refractivity contribution < 1.29 is 0 Å². The van der Waals surface area contributed by atoms with Crippen LogP contribution in [0, 0.1) is 76.5 Å². The number of rotatable bonds is 6. The van der Waals surface area contributed by atoms with Crippen molar-refractivity contribution in [3.05, 3.63) is 450 Å². The van der Waals surface area contributed by atoms with Gasteiger partial charge in [0, 0.05) is 94.8 Å². The van der Waals surface area contributed by atoms with E-state index in [2.05, 4.69) is 400 Å². The van der Waals surface area contributed by atoms with E-state index >= 15 is 0 Å². The van der Waals surface area contributed by atoms with Crippen LogP contribution >= 0.6 is 0 Å². The van der Waals surface area contributed by atoms with Gasteiger partial charge in [-0.3, -0.25) is 0 Å². The Bertz CT molecular complexity index is 5740. The van der Waals surface area contributed by atoms with Gasteiger partial charge >= 0.3 is 0 Å². The molecule has 0 nitrogen and oxygen atoms in total. The van der Waals surface area contributed by atoms with Gasteiger partial charge in [0.2, 0.25) is 0 Å². The molecule has 16 rings (SSSR count). The largest absolute Gasteiger partial charge is 0.117 e. The molecule has 11 aromatic rings. The molecule has 11 aromatic carbocycles. The Hall–Kier alpha value is -11.5. The minimum Gasteiger partial charge on any atom is -0.117 e. The van der Waals surface area contributed by atoms with Crippen molar-refractivity contribution in [2.45, 2.75) is 156 Å². The molecule has 0 heterocycles. The molecule has 0 aromatic heterocycles. The maximum absolute atomic E-state index is 4.16. The molecule has 0 aliphatic heterocycles. The lowest BCUT2D eigenvalue weighted by Gasteiger charge is -2.38. The number of benzene rings is 11. The summed E-state index contributed by atoms with van der Waals surface area (Å²) < 4.78 is 0. The van der Waals surface area contributed by atoms with Gasteiger partial charge in [0.25, 0.3) is 0 Å². The topological polar surface area (TPSA) is 0 Å². The molecule has 0 saturated heterocycles. The summed E-state index contributed by atoms with van der Waals surface area (Å²) in [7, 11) is 0. The second-order valence-corrected chi connectivity index (χ2v) is 35.4. The molecule has 5 aliphatic rings. The van der Waals surface area contributed by atoms with E-state index in [-0.39, 0.29) is 16.2 Å². The number of aryl methyl sites for hydroxylation is 6. The first kappa shape index (κ1) is 73.6. The van der Waals surface area contributed by atoms with Crippen molar-refractivity contribution in [2.24, 2.45) is 5.41 Å². The fourth-order valence-corrected chi connectivity index (χ4v) is 18.5. The summed E-state index contributed by atoms with van der Waals surface area (Å²) in [5.74, 6) is 6.28. The molecule has 0 N–H and O–H groups in total. The van der Waals surface area contributed by atoms with Gasteiger partial charge in [-0.25, -0.2) is 0 Å². The van der Waals surface area contributed by atoms with Crippen LogP contribution < -0.4 is 10.4 Å². The predicted octanol–water partition coefficient (Wildman–Crippen LogP) is 27.1. The first-order valence-corrected chi connectivity index (χ1v) is 39.9. The Kier molecular flexibility index (Phi) is 18.5. The maximum atomic E-state index is 4.16. The van der Waals surface area contributed by atoms with Gasteiger partial charge in [-0.05, 0) is 86.8 Å². The van der Waals surface area contributed by atoms with Crippen LogP contribution in [-0.4, -0.2) is 0 Å². The Morgan fingerprint density at radius 1 is 0.315 bits per heavy atom. The average molecular weight is 1440 g/mol. The fraction of sp³-hybridized carbons (Fsp3) is 0.216. The minimum absolute atomic E-state index is 0.0404. The van der Waals surface area contributed by atoms with Crippen LogP contribution in [0.5, 0.6) is 0 Å². The molecule has 0 amide bonds. The molecule has 5 aliphatic carbocycles. The second kappa shape index (κ2) is 27.8. The first-order chi connectivity index (χ1) is 52.9. The molecule has 546 valence electrons. The molecule has 0 unspecified atom stereocenters. The molecule has 0 bridgehead atoms. The van der Waals surface area contributed by atoms with Gasteiger partial charge < -0.3 is 0 Å². The molecule has 0 fully saturated rings. The molecule has 0 heteroatoms. The van der Waals surface area contributed by atoms with E-state index in [0.717, 1.165) is 49.8 Å². The molecule has 0 saturated carbocycles. The third-order valence-corrected chi connectivity index (χ3v) is 24.0. The van der Waals surface area contributed by atoms with E-state index in [1.54, 1.807) is 0 Å². The molecule has 0 atom stereocenters. The highest BCUT2D eigenvalue weighted by Crippen LogP contribution is 2.51. The van der Waals surface area contributed by atoms with Crippen LogP contribution in [0.4, 0.5) is 0 Å². The van der Waals surface area contributed by atoms with Crippen LogP contribution in [0.2, 0.25) is 0 Å². The molecule has 0 spiro atoms. The highest BCUT2D eigenvalue weighted by Gasteiger charge is 2.36. The second-order valence-electron chi connectivity index (χ2n) is 35.4. The zero-order valence-electron chi connectivity index (χ0n) is 69.0. The van der Waals surface area contributed by atoms with E-state index in [1.165, 1.54) is 201 Å². The average Bonchev–Trinajstić information content (AvgIpc) is 0.740. The van der Waals surface area contributed by atoms with E-state index in [0.29, 0.717) is 0 Å². The molecule has 0 radical (unpaired) electrons. The van der Waals surface area contributed by atoms with Gasteiger partial charge in [-0.2, -0.15) is 0 Å².